The first-order valence-electron chi connectivity index (χ1n) is 25.0. The molecule has 23 heteroatoms. The molecule has 0 aromatic carbocycles. The number of halogens is 3. The summed E-state index contributed by atoms with van der Waals surface area (Å²) in [7, 11) is 0. The Morgan fingerprint density at radius 3 is 1.29 bits per heavy atom. The van der Waals surface area contributed by atoms with Gasteiger partial charge in [0.05, 0.1) is 39.6 Å². The van der Waals surface area contributed by atoms with Crippen molar-refractivity contribution in [1.82, 2.24) is 26.6 Å². The molecular formula is C47H84Cl3N7O13. The van der Waals surface area contributed by atoms with E-state index in [2.05, 4.69) is 31.4 Å². The standard InChI is InChI=1S/C47H84Cl3N7O13/c48-47(49,50)38-69-45(65)56-30-19-10-3-5-14-22-43(63)57-46(35-66-32-24-39(51)59,36-67-33-25-41(61)54-28-16-8-1-2-12-20-31-58)37-68-34-26-42(62)55-29-18-11-7-13-21-40(60)53-27-17-9-4-6-15-23-44(64)70-52/h31H,1-30,32-38,52H2,(H2,51,59)(H,53,60)(H,54,61)(H,55,62)(H,56,65)(H,57,63). The summed E-state index contributed by atoms with van der Waals surface area (Å²) in [5.41, 5.74) is 4.09. The molecule has 0 radical (unpaired) electrons. The third kappa shape index (κ3) is 45.6. The third-order valence-corrected chi connectivity index (χ3v) is 11.0. The van der Waals surface area contributed by atoms with Crippen LogP contribution in [-0.4, -0.2) is 130 Å². The minimum Gasteiger partial charge on any atom is -0.445 e. The van der Waals surface area contributed by atoms with Crippen LogP contribution in [0, 0.1) is 0 Å². The highest BCUT2D eigenvalue weighted by Gasteiger charge is 2.34. The van der Waals surface area contributed by atoms with Crippen LogP contribution >= 0.6 is 34.8 Å². The Kier molecular flexibility index (Phi) is 43.1. The predicted octanol–water partition coefficient (Wildman–Crippen LogP) is 5.58. The van der Waals surface area contributed by atoms with E-state index in [0.717, 1.165) is 115 Å². The lowest BCUT2D eigenvalue weighted by Gasteiger charge is -2.34. The van der Waals surface area contributed by atoms with Gasteiger partial charge in [-0.3, -0.25) is 28.8 Å². The van der Waals surface area contributed by atoms with E-state index in [1.54, 1.807) is 0 Å². The molecule has 406 valence electrons. The fourth-order valence-electron chi connectivity index (χ4n) is 6.81. The quantitative estimate of drug-likeness (QED) is 0.0170. The van der Waals surface area contributed by atoms with Crippen molar-refractivity contribution in [3.05, 3.63) is 0 Å². The van der Waals surface area contributed by atoms with Gasteiger partial charge in [-0.1, -0.05) is 105 Å². The van der Waals surface area contributed by atoms with Gasteiger partial charge in [0.1, 0.15) is 18.4 Å². The molecular weight excluding hydrogens is 977 g/mol. The molecule has 0 rings (SSSR count). The van der Waals surface area contributed by atoms with Crippen LogP contribution in [0.15, 0.2) is 0 Å². The average molecular weight is 1060 g/mol. The van der Waals surface area contributed by atoms with E-state index >= 15 is 0 Å². The summed E-state index contributed by atoms with van der Waals surface area (Å²) in [5, 5.41) is 14.3. The number of alkyl carbamates (subject to hydrolysis) is 1. The van der Waals surface area contributed by atoms with Crippen molar-refractivity contribution < 1.29 is 62.1 Å². The molecule has 0 saturated carbocycles. The third-order valence-electron chi connectivity index (χ3n) is 10.7. The lowest BCUT2D eigenvalue weighted by atomic mass is 10.0. The van der Waals surface area contributed by atoms with Crippen LogP contribution in [0.4, 0.5) is 4.79 Å². The summed E-state index contributed by atoms with van der Waals surface area (Å²) < 4.78 is 20.9. The van der Waals surface area contributed by atoms with Crippen molar-refractivity contribution in [2.24, 2.45) is 11.6 Å². The van der Waals surface area contributed by atoms with E-state index in [1.165, 1.54) is 0 Å². The first-order valence-corrected chi connectivity index (χ1v) is 26.2. The second-order valence-corrected chi connectivity index (χ2v) is 19.8. The number of ether oxygens (including phenoxy) is 4. The van der Waals surface area contributed by atoms with Crippen molar-refractivity contribution in [3.63, 3.8) is 0 Å². The van der Waals surface area contributed by atoms with Gasteiger partial charge in [-0.05, 0) is 51.4 Å². The molecule has 0 bridgehead atoms. The monoisotopic (exact) mass is 1060 g/mol. The van der Waals surface area contributed by atoms with Crippen LogP contribution in [0.2, 0.25) is 0 Å². The zero-order valence-electron chi connectivity index (χ0n) is 41.3. The Bertz CT molecular complexity index is 1450. The van der Waals surface area contributed by atoms with Gasteiger partial charge in [0.25, 0.3) is 0 Å². The Labute approximate surface area is 430 Å². The maximum Gasteiger partial charge on any atom is 0.407 e. The minimum absolute atomic E-state index is 0.0122. The fourth-order valence-corrected chi connectivity index (χ4v) is 6.97. The molecule has 1 atom stereocenters. The number of amides is 6. The molecule has 0 aromatic rings. The lowest BCUT2D eigenvalue weighted by molar-refractivity contribution is -0.144. The Hall–Kier alpha value is -3.53. The minimum atomic E-state index is -1.69. The molecule has 0 fully saturated rings. The number of carbonyl (C=O) groups excluding carboxylic acids is 8. The first kappa shape index (κ1) is 66.5. The number of primary amides is 1. The maximum atomic E-state index is 13.4. The largest absolute Gasteiger partial charge is 0.445 e. The number of carbonyl (C=O) groups is 8. The van der Waals surface area contributed by atoms with E-state index in [-0.39, 0.29) is 95.6 Å². The summed E-state index contributed by atoms with van der Waals surface area (Å²) in [5.74, 6) is 3.20. The molecule has 0 saturated heterocycles. The van der Waals surface area contributed by atoms with Crippen molar-refractivity contribution in [1.29, 1.82) is 0 Å². The smallest absolute Gasteiger partial charge is 0.407 e. The van der Waals surface area contributed by atoms with Crippen molar-refractivity contribution in [2.75, 3.05) is 72.4 Å². The normalized spacial score (nSPS) is 12.1. The van der Waals surface area contributed by atoms with E-state index in [4.69, 9.17) is 65.4 Å². The van der Waals surface area contributed by atoms with Crippen LogP contribution < -0.4 is 38.2 Å². The molecule has 0 heterocycles. The Morgan fingerprint density at radius 2 is 0.843 bits per heavy atom. The highest BCUT2D eigenvalue weighted by atomic mass is 35.6. The average Bonchev–Trinajstić information content (AvgIpc) is 3.31. The van der Waals surface area contributed by atoms with Gasteiger partial charge in [-0.2, -0.15) is 5.90 Å². The summed E-state index contributed by atoms with van der Waals surface area (Å²) in [6.45, 7) is 1.40. The second-order valence-electron chi connectivity index (χ2n) is 17.3. The van der Waals surface area contributed by atoms with Crippen molar-refractivity contribution in [3.8, 4) is 0 Å². The van der Waals surface area contributed by atoms with Gasteiger partial charge in [0.15, 0.2) is 0 Å². The van der Waals surface area contributed by atoms with Crippen molar-refractivity contribution >= 4 is 82.7 Å². The van der Waals surface area contributed by atoms with E-state index in [9.17, 15) is 38.4 Å². The number of alkyl halides is 3. The first-order chi connectivity index (χ1) is 33.6. The highest BCUT2D eigenvalue weighted by Crippen LogP contribution is 2.25. The molecule has 0 aromatic heterocycles. The zero-order valence-corrected chi connectivity index (χ0v) is 43.6. The van der Waals surface area contributed by atoms with Crippen LogP contribution in [0.25, 0.3) is 0 Å². The van der Waals surface area contributed by atoms with E-state index < -0.39 is 27.3 Å². The van der Waals surface area contributed by atoms with Gasteiger partial charge < -0.3 is 60.9 Å². The fraction of sp³-hybridized carbons (Fsp3) is 0.830. The molecule has 9 N–H and O–H groups in total. The highest BCUT2D eigenvalue weighted by molar-refractivity contribution is 6.67. The number of unbranched alkanes of at least 4 members (excludes halogenated alkanes) is 16. The summed E-state index contributed by atoms with van der Waals surface area (Å²) >= 11 is 16.8. The molecule has 0 aliphatic carbocycles. The molecule has 0 aliphatic heterocycles. The number of hydrogen-bond acceptors (Lipinski definition) is 14. The van der Waals surface area contributed by atoms with Gasteiger partial charge in [0.2, 0.25) is 33.3 Å². The second kappa shape index (κ2) is 45.3. The number of nitrogens with two attached hydrogens (primary N) is 2. The summed E-state index contributed by atoms with van der Waals surface area (Å²) in [6, 6.07) is 0. The lowest BCUT2D eigenvalue weighted by Crippen LogP contribution is -2.58. The van der Waals surface area contributed by atoms with Crippen LogP contribution in [0.5, 0.6) is 0 Å². The topological polar surface area (TPSA) is 295 Å². The molecule has 20 nitrogen and oxygen atoms in total. The number of rotatable bonds is 48. The van der Waals surface area contributed by atoms with Crippen molar-refractivity contribution in [2.45, 2.75) is 176 Å². The predicted molar refractivity (Wildman–Crippen MR) is 268 cm³/mol. The van der Waals surface area contributed by atoms with Gasteiger partial charge >= 0.3 is 12.1 Å². The van der Waals surface area contributed by atoms with Gasteiger partial charge in [-0.15, -0.1) is 0 Å². The number of hydrogen-bond donors (Lipinski definition) is 7. The van der Waals surface area contributed by atoms with Crippen LogP contribution in [0.3, 0.4) is 0 Å². The molecule has 6 amide bonds. The van der Waals surface area contributed by atoms with Gasteiger partial charge in [0, 0.05) is 71.1 Å². The summed E-state index contributed by atoms with van der Waals surface area (Å²) in [6.07, 6.45) is 17.7. The molecule has 70 heavy (non-hydrogen) atoms. The zero-order chi connectivity index (χ0) is 52.0. The maximum absolute atomic E-state index is 13.4. The Morgan fingerprint density at radius 1 is 0.457 bits per heavy atom. The van der Waals surface area contributed by atoms with Crippen LogP contribution in [0.1, 0.15) is 167 Å². The van der Waals surface area contributed by atoms with E-state index in [0.29, 0.717) is 58.3 Å². The Balaban J connectivity index is 5.00. The number of nitrogens with one attached hydrogen (secondary N) is 5. The summed E-state index contributed by atoms with van der Waals surface area (Å²) in [4.78, 5) is 99.7. The van der Waals surface area contributed by atoms with Crippen LogP contribution in [-0.2, 0) is 57.3 Å². The number of aldehydes is 1. The molecule has 1 unspecified atom stereocenters. The molecule has 0 aliphatic rings. The molecule has 0 spiro atoms. The van der Waals surface area contributed by atoms with Gasteiger partial charge in [-0.25, -0.2) is 4.79 Å². The SMILES string of the molecule is NOC(=O)CCCCCCCNC(=O)CCCCCCNC(=O)CCOCC(COCCC(N)=O)(COCCC(=O)NCCCCCCCC=O)NC(=O)CCCCCCCNC(=O)OCC(Cl)(Cl)Cl. The van der Waals surface area contributed by atoms with E-state index in [1.807, 2.05) is 0 Å².